The molecule has 0 saturated carbocycles. The van der Waals surface area contributed by atoms with E-state index >= 15 is 0 Å². The summed E-state index contributed by atoms with van der Waals surface area (Å²) in [5.74, 6) is 0.941. The van der Waals surface area contributed by atoms with Crippen molar-refractivity contribution in [1.82, 2.24) is 15.1 Å². The van der Waals surface area contributed by atoms with E-state index in [9.17, 15) is 4.79 Å². The molecule has 5 rings (SSSR count). The number of furan rings is 1. The van der Waals surface area contributed by atoms with Crippen molar-refractivity contribution in [1.29, 1.82) is 0 Å². The summed E-state index contributed by atoms with van der Waals surface area (Å²) in [6.07, 6.45) is 3.74. The Morgan fingerprint density at radius 2 is 1.79 bits per heavy atom. The largest absolute Gasteiger partial charge is 0.456 e. The Morgan fingerprint density at radius 1 is 0.966 bits per heavy atom. The van der Waals surface area contributed by atoms with Gasteiger partial charge in [0.2, 0.25) is 11.7 Å². The van der Waals surface area contributed by atoms with Gasteiger partial charge >= 0.3 is 5.97 Å². The number of pyridine rings is 1. The standard InChI is InChI=1S/C22H15N3O4/c26-21(8-7-20-24-22(25-29-20)14-9-11-23-12-10-14)27-15-5-6-19-17(13-15)16-3-1-2-4-18(16)28-19/h1-6,9-13H,7-8H2. The number of para-hydroxylation sites is 1. The molecule has 0 aliphatic rings. The van der Waals surface area contributed by atoms with Crippen molar-refractivity contribution in [2.75, 3.05) is 0 Å². The molecule has 0 fully saturated rings. The smallest absolute Gasteiger partial charge is 0.311 e. The molecule has 3 aromatic heterocycles. The molecule has 7 nitrogen and oxygen atoms in total. The minimum Gasteiger partial charge on any atom is -0.456 e. The number of carbonyl (C=O) groups is 1. The summed E-state index contributed by atoms with van der Waals surface area (Å²) in [4.78, 5) is 20.5. The first kappa shape index (κ1) is 17.1. The van der Waals surface area contributed by atoms with Crippen molar-refractivity contribution in [3.05, 3.63) is 72.9 Å². The molecule has 7 heteroatoms. The quantitative estimate of drug-likeness (QED) is 0.323. The predicted octanol–water partition coefficient (Wildman–Crippen LogP) is 4.57. The maximum Gasteiger partial charge on any atom is 0.311 e. The van der Waals surface area contributed by atoms with Gasteiger partial charge in [-0.15, -0.1) is 0 Å². The van der Waals surface area contributed by atoms with Gasteiger partial charge in [-0.3, -0.25) is 9.78 Å². The van der Waals surface area contributed by atoms with Crippen LogP contribution in [0.5, 0.6) is 5.75 Å². The highest BCUT2D eigenvalue weighted by atomic mass is 16.5. The molecule has 0 aliphatic heterocycles. The van der Waals surface area contributed by atoms with E-state index in [4.69, 9.17) is 13.7 Å². The van der Waals surface area contributed by atoms with Gasteiger partial charge in [0.05, 0.1) is 6.42 Å². The zero-order valence-electron chi connectivity index (χ0n) is 15.2. The van der Waals surface area contributed by atoms with Crippen LogP contribution in [0.2, 0.25) is 0 Å². The number of benzene rings is 2. The highest BCUT2D eigenvalue weighted by Gasteiger charge is 2.13. The van der Waals surface area contributed by atoms with E-state index in [0.29, 0.717) is 23.9 Å². The molecular weight excluding hydrogens is 370 g/mol. The van der Waals surface area contributed by atoms with Crippen molar-refractivity contribution in [3.63, 3.8) is 0 Å². The van der Waals surface area contributed by atoms with E-state index in [0.717, 1.165) is 27.5 Å². The number of aryl methyl sites for hydroxylation is 1. The molecule has 0 atom stereocenters. The fourth-order valence-corrected chi connectivity index (χ4v) is 3.13. The fourth-order valence-electron chi connectivity index (χ4n) is 3.13. The SMILES string of the molecule is O=C(CCc1nc(-c2ccncc2)no1)Oc1ccc2oc3ccccc3c2c1. The van der Waals surface area contributed by atoms with E-state index in [2.05, 4.69) is 15.1 Å². The van der Waals surface area contributed by atoms with Crippen LogP contribution in [0.25, 0.3) is 33.3 Å². The number of aromatic nitrogens is 3. The second-order valence-electron chi connectivity index (χ2n) is 6.48. The van der Waals surface area contributed by atoms with Crippen molar-refractivity contribution in [3.8, 4) is 17.1 Å². The Hall–Kier alpha value is -4.00. The van der Waals surface area contributed by atoms with Crippen molar-refractivity contribution in [2.45, 2.75) is 12.8 Å². The first-order valence-corrected chi connectivity index (χ1v) is 9.11. The highest BCUT2D eigenvalue weighted by Crippen LogP contribution is 2.31. The Kier molecular flexibility index (Phi) is 4.25. The first-order chi connectivity index (χ1) is 14.3. The molecule has 0 unspecified atom stereocenters. The van der Waals surface area contributed by atoms with Gasteiger partial charge in [-0.05, 0) is 36.4 Å². The van der Waals surface area contributed by atoms with E-state index in [1.165, 1.54) is 0 Å². The number of fused-ring (bicyclic) bond motifs is 3. The van der Waals surface area contributed by atoms with Gasteiger partial charge in [0.1, 0.15) is 16.9 Å². The summed E-state index contributed by atoms with van der Waals surface area (Å²) in [6.45, 7) is 0. The molecule has 29 heavy (non-hydrogen) atoms. The third-order valence-electron chi connectivity index (χ3n) is 4.53. The van der Waals surface area contributed by atoms with Gasteiger partial charge in [0, 0.05) is 35.2 Å². The van der Waals surface area contributed by atoms with E-state index in [1.54, 1.807) is 36.7 Å². The number of carbonyl (C=O) groups excluding carboxylic acids is 1. The average Bonchev–Trinajstić information content (AvgIpc) is 3.37. The summed E-state index contributed by atoms with van der Waals surface area (Å²) in [5.41, 5.74) is 2.35. The van der Waals surface area contributed by atoms with Crippen molar-refractivity contribution in [2.24, 2.45) is 0 Å². The van der Waals surface area contributed by atoms with Crippen LogP contribution in [0.4, 0.5) is 0 Å². The first-order valence-electron chi connectivity index (χ1n) is 9.11. The minimum absolute atomic E-state index is 0.127. The van der Waals surface area contributed by atoms with Crippen LogP contribution in [-0.2, 0) is 11.2 Å². The third kappa shape index (κ3) is 3.45. The summed E-state index contributed by atoms with van der Waals surface area (Å²) in [5, 5.41) is 5.82. The van der Waals surface area contributed by atoms with Gasteiger partial charge in [-0.25, -0.2) is 0 Å². The lowest BCUT2D eigenvalue weighted by Crippen LogP contribution is -2.09. The lowest BCUT2D eigenvalue weighted by atomic mass is 10.1. The van der Waals surface area contributed by atoms with Gasteiger partial charge in [0.25, 0.3) is 0 Å². The van der Waals surface area contributed by atoms with Crippen LogP contribution in [0.1, 0.15) is 12.3 Å². The Labute approximate surface area is 164 Å². The predicted molar refractivity (Wildman–Crippen MR) is 105 cm³/mol. The lowest BCUT2D eigenvalue weighted by molar-refractivity contribution is -0.134. The van der Waals surface area contributed by atoms with E-state index in [1.807, 2.05) is 30.3 Å². The number of nitrogens with zero attached hydrogens (tertiary/aromatic N) is 3. The van der Waals surface area contributed by atoms with E-state index in [-0.39, 0.29) is 12.4 Å². The average molecular weight is 385 g/mol. The molecular formula is C22H15N3O4. The van der Waals surface area contributed by atoms with Crippen LogP contribution in [0.3, 0.4) is 0 Å². The number of hydrogen-bond acceptors (Lipinski definition) is 7. The Morgan fingerprint density at radius 3 is 2.69 bits per heavy atom. The van der Waals surface area contributed by atoms with Crippen LogP contribution in [0.15, 0.2) is 75.9 Å². The summed E-state index contributed by atoms with van der Waals surface area (Å²) in [7, 11) is 0. The number of ether oxygens (including phenoxy) is 1. The minimum atomic E-state index is -0.374. The van der Waals surface area contributed by atoms with Gasteiger partial charge in [-0.1, -0.05) is 23.4 Å². The molecule has 142 valence electrons. The van der Waals surface area contributed by atoms with Crippen LogP contribution < -0.4 is 4.74 Å². The second-order valence-corrected chi connectivity index (χ2v) is 6.48. The summed E-state index contributed by atoms with van der Waals surface area (Å²) in [6, 6.07) is 16.7. The molecule has 0 saturated heterocycles. The molecule has 0 N–H and O–H groups in total. The fraction of sp³-hybridized carbons (Fsp3) is 0.0909. The van der Waals surface area contributed by atoms with Gasteiger partial charge in [0.15, 0.2) is 0 Å². The molecule has 0 spiro atoms. The zero-order valence-corrected chi connectivity index (χ0v) is 15.2. The van der Waals surface area contributed by atoms with Crippen molar-refractivity contribution < 1.29 is 18.5 Å². The Balaban J connectivity index is 1.26. The maximum absolute atomic E-state index is 12.3. The van der Waals surface area contributed by atoms with Crippen LogP contribution in [0, 0.1) is 0 Å². The van der Waals surface area contributed by atoms with E-state index < -0.39 is 0 Å². The number of hydrogen-bond donors (Lipinski definition) is 0. The zero-order chi connectivity index (χ0) is 19.6. The highest BCUT2D eigenvalue weighted by molar-refractivity contribution is 6.05. The topological polar surface area (TPSA) is 91.2 Å². The van der Waals surface area contributed by atoms with Crippen LogP contribution in [-0.4, -0.2) is 21.1 Å². The summed E-state index contributed by atoms with van der Waals surface area (Å²) < 4.78 is 16.5. The van der Waals surface area contributed by atoms with Gasteiger partial charge < -0.3 is 13.7 Å². The third-order valence-corrected chi connectivity index (χ3v) is 4.53. The second kappa shape index (κ2) is 7.20. The molecule has 2 aromatic carbocycles. The Bertz CT molecular complexity index is 1310. The molecule has 5 aromatic rings. The number of rotatable bonds is 5. The number of esters is 1. The van der Waals surface area contributed by atoms with Crippen molar-refractivity contribution >= 4 is 27.9 Å². The van der Waals surface area contributed by atoms with Gasteiger partial charge in [-0.2, -0.15) is 4.98 Å². The monoisotopic (exact) mass is 385 g/mol. The maximum atomic E-state index is 12.3. The lowest BCUT2D eigenvalue weighted by Gasteiger charge is -2.03. The molecule has 3 heterocycles. The normalized spacial score (nSPS) is 11.2. The molecule has 0 radical (unpaired) electrons. The summed E-state index contributed by atoms with van der Waals surface area (Å²) >= 11 is 0. The molecule has 0 aliphatic carbocycles. The molecule has 0 amide bonds. The molecule has 0 bridgehead atoms. The van der Waals surface area contributed by atoms with Crippen LogP contribution >= 0.6 is 0 Å².